The molecule has 1 spiro atoms. The minimum atomic E-state index is -1.51. The third kappa shape index (κ3) is 2.95. The second kappa shape index (κ2) is 6.69. The van der Waals surface area contributed by atoms with Crippen molar-refractivity contribution in [1.29, 1.82) is 0 Å². The van der Waals surface area contributed by atoms with Crippen molar-refractivity contribution in [2.24, 2.45) is 5.10 Å². The summed E-state index contributed by atoms with van der Waals surface area (Å²) >= 11 is 0.963. The summed E-state index contributed by atoms with van der Waals surface area (Å²) < 4.78 is 4.69. The molecule has 0 fully saturated rings. The lowest BCUT2D eigenvalue weighted by Gasteiger charge is -2.29. The SMILES string of the molecule is COC(=O)CN1C(=O)C2(SC(NC(C)=O)=NN2C(C)=O)c2cc(C)ccc21. The molecule has 10 heteroatoms. The maximum atomic E-state index is 13.4. The summed E-state index contributed by atoms with van der Waals surface area (Å²) in [5.41, 5.74) is 1.90. The number of nitrogens with one attached hydrogen (secondary N) is 1. The number of nitrogens with zero attached hydrogens (tertiary/aromatic N) is 3. The van der Waals surface area contributed by atoms with Crippen LogP contribution in [-0.2, 0) is 28.8 Å². The van der Waals surface area contributed by atoms with E-state index >= 15 is 0 Å². The number of methoxy groups -OCH3 is 1. The van der Waals surface area contributed by atoms with Crippen LogP contribution >= 0.6 is 11.8 Å². The topological polar surface area (TPSA) is 108 Å². The Balaban J connectivity index is 2.15. The van der Waals surface area contributed by atoms with E-state index in [-0.39, 0.29) is 17.6 Å². The average Bonchev–Trinajstić information content (AvgIpc) is 3.07. The van der Waals surface area contributed by atoms with Gasteiger partial charge in [0.2, 0.25) is 16.7 Å². The summed E-state index contributed by atoms with van der Waals surface area (Å²) in [6.45, 7) is 4.15. The van der Waals surface area contributed by atoms with Crippen LogP contribution in [0, 0.1) is 6.92 Å². The first kappa shape index (κ1) is 18.9. The van der Waals surface area contributed by atoms with Crippen molar-refractivity contribution in [1.82, 2.24) is 10.3 Å². The summed E-state index contributed by atoms with van der Waals surface area (Å²) in [4.78, 5) is 48.7. The first-order valence-corrected chi connectivity index (χ1v) is 8.88. The monoisotopic (exact) mass is 390 g/mol. The van der Waals surface area contributed by atoms with E-state index in [9.17, 15) is 19.2 Å². The van der Waals surface area contributed by atoms with Crippen LogP contribution in [0.2, 0.25) is 0 Å². The summed E-state index contributed by atoms with van der Waals surface area (Å²) in [5, 5.41) is 7.87. The van der Waals surface area contributed by atoms with Gasteiger partial charge in [0.05, 0.1) is 12.8 Å². The van der Waals surface area contributed by atoms with Crippen LogP contribution in [0.3, 0.4) is 0 Å². The van der Waals surface area contributed by atoms with Gasteiger partial charge in [-0.3, -0.25) is 24.1 Å². The zero-order valence-corrected chi connectivity index (χ0v) is 16.0. The lowest BCUT2D eigenvalue weighted by Crippen LogP contribution is -2.49. The third-order valence-corrected chi connectivity index (χ3v) is 5.41. The maximum Gasteiger partial charge on any atom is 0.325 e. The van der Waals surface area contributed by atoms with E-state index in [1.54, 1.807) is 12.1 Å². The van der Waals surface area contributed by atoms with Crippen LogP contribution in [-0.4, -0.2) is 47.5 Å². The van der Waals surface area contributed by atoms with Crippen molar-refractivity contribution < 1.29 is 23.9 Å². The fraction of sp³-hybridized carbons (Fsp3) is 0.353. The maximum absolute atomic E-state index is 13.4. The Morgan fingerprint density at radius 1 is 1.30 bits per heavy atom. The highest BCUT2D eigenvalue weighted by Crippen LogP contribution is 2.54. The summed E-state index contributed by atoms with van der Waals surface area (Å²) in [5.74, 6) is -1.93. The molecule has 1 atom stereocenters. The van der Waals surface area contributed by atoms with Crippen molar-refractivity contribution in [3.8, 4) is 0 Å². The van der Waals surface area contributed by atoms with E-state index in [1.165, 1.54) is 25.9 Å². The van der Waals surface area contributed by atoms with Crippen molar-refractivity contribution in [2.45, 2.75) is 25.6 Å². The van der Waals surface area contributed by atoms with Gasteiger partial charge in [-0.15, -0.1) is 5.10 Å². The number of aryl methyl sites for hydroxylation is 1. The second-order valence-electron chi connectivity index (χ2n) is 6.15. The van der Waals surface area contributed by atoms with E-state index < -0.39 is 22.7 Å². The number of amidine groups is 1. The fourth-order valence-corrected chi connectivity index (χ4v) is 4.40. The quantitative estimate of drug-likeness (QED) is 0.744. The zero-order valence-electron chi connectivity index (χ0n) is 15.2. The molecule has 1 aromatic rings. The molecule has 2 heterocycles. The molecular formula is C17H18N4O5S. The van der Waals surface area contributed by atoms with Gasteiger partial charge in [0, 0.05) is 19.4 Å². The van der Waals surface area contributed by atoms with Crippen molar-refractivity contribution in [3.63, 3.8) is 0 Å². The highest BCUT2D eigenvalue weighted by Gasteiger charge is 2.61. The molecule has 3 rings (SSSR count). The predicted molar refractivity (Wildman–Crippen MR) is 98.6 cm³/mol. The van der Waals surface area contributed by atoms with Crippen molar-refractivity contribution in [2.75, 3.05) is 18.6 Å². The molecule has 0 saturated heterocycles. The highest BCUT2D eigenvalue weighted by atomic mass is 32.2. The number of thioether (sulfide) groups is 1. The van der Waals surface area contributed by atoms with Gasteiger partial charge in [0.25, 0.3) is 5.91 Å². The van der Waals surface area contributed by atoms with Gasteiger partial charge in [-0.1, -0.05) is 17.7 Å². The van der Waals surface area contributed by atoms with Gasteiger partial charge in [-0.25, -0.2) is 0 Å². The molecular weight excluding hydrogens is 372 g/mol. The highest BCUT2D eigenvalue weighted by molar-refractivity contribution is 8.15. The molecule has 2 aliphatic rings. The van der Waals surface area contributed by atoms with E-state index in [0.717, 1.165) is 22.3 Å². The van der Waals surface area contributed by atoms with Gasteiger partial charge in [0.15, 0.2) is 5.17 Å². The molecule has 1 unspecified atom stereocenters. The van der Waals surface area contributed by atoms with Crippen LogP contribution in [0.4, 0.5) is 5.69 Å². The molecule has 1 aromatic carbocycles. The van der Waals surface area contributed by atoms with Crippen LogP contribution in [0.25, 0.3) is 0 Å². The number of carbonyl (C=O) groups excluding carboxylic acids is 4. The van der Waals surface area contributed by atoms with Gasteiger partial charge >= 0.3 is 5.97 Å². The second-order valence-corrected chi connectivity index (χ2v) is 7.33. The molecule has 142 valence electrons. The standard InChI is InChI=1S/C17H18N4O5S/c1-9-5-6-13-12(7-9)17(15(25)20(13)8-14(24)26-4)21(11(3)23)19-16(27-17)18-10(2)22/h5-7H,8H2,1-4H3,(H,18,19,22). The van der Waals surface area contributed by atoms with Gasteiger partial charge in [0.1, 0.15) is 6.54 Å². The normalized spacial score (nSPS) is 20.6. The summed E-state index contributed by atoms with van der Waals surface area (Å²) in [6.07, 6.45) is 0. The minimum Gasteiger partial charge on any atom is -0.468 e. The Morgan fingerprint density at radius 2 is 2.00 bits per heavy atom. The number of fused-ring (bicyclic) bond motifs is 2. The number of rotatable bonds is 2. The number of hydrogen-bond acceptors (Lipinski definition) is 7. The average molecular weight is 390 g/mol. The van der Waals surface area contributed by atoms with Crippen LogP contribution < -0.4 is 10.2 Å². The van der Waals surface area contributed by atoms with Crippen molar-refractivity contribution in [3.05, 3.63) is 29.3 Å². The van der Waals surface area contributed by atoms with Crippen LogP contribution in [0.1, 0.15) is 25.0 Å². The smallest absolute Gasteiger partial charge is 0.325 e. The Hall–Kier alpha value is -2.88. The van der Waals surface area contributed by atoms with Crippen LogP contribution in [0.15, 0.2) is 23.3 Å². The molecule has 0 aromatic heterocycles. The number of anilines is 1. The molecule has 0 radical (unpaired) electrons. The Labute approximate surface area is 159 Å². The number of amides is 3. The van der Waals surface area contributed by atoms with Crippen molar-refractivity contribution >= 4 is 46.3 Å². The summed E-state index contributed by atoms with van der Waals surface area (Å²) in [6, 6.07) is 5.30. The first-order chi connectivity index (χ1) is 12.7. The molecule has 0 aliphatic carbocycles. The number of hydrazone groups is 1. The molecule has 0 bridgehead atoms. The van der Waals surface area contributed by atoms with E-state index in [4.69, 9.17) is 4.74 Å². The van der Waals surface area contributed by atoms with Gasteiger partial charge in [-0.2, -0.15) is 5.01 Å². The number of esters is 1. The van der Waals surface area contributed by atoms with Gasteiger partial charge in [-0.05, 0) is 24.8 Å². The predicted octanol–water partition coefficient (Wildman–Crippen LogP) is 0.670. The molecule has 3 amide bonds. The minimum absolute atomic E-state index is 0.137. The number of carbonyl (C=O) groups is 4. The van der Waals surface area contributed by atoms with Gasteiger partial charge < -0.3 is 10.1 Å². The molecule has 0 saturated carbocycles. The zero-order chi connectivity index (χ0) is 19.9. The van der Waals surface area contributed by atoms with E-state index in [2.05, 4.69) is 10.4 Å². The number of hydrogen-bond donors (Lipinski definition) is 1. The Kier molecular flexibility index (Phi) is 4.68. The number of benzene rings is 1. The van der Waals surface area contributed by atoms with E-state index in [1.807, 2.05) is 13.0 Å². The molecule has 1 N–H and O–H groups in total. The third-order valence-electron chi connectivity index (χ3n) is 4.17. The van der Waals surface area contributed by atoms with E-state index in [0.29, 0.717) is 11.3 Å². The fourth-order valence-electron chi connectivity index (χ4n) is 3.08. The first-order valence-electron chi connectivity index (χ1n) is 8.06. The molecule has 9 nitrogen and oxygen atoms in total. The lowest BCUT2D eigenvalue weighted by molar-refractivity contribution is -0.141. The Morgan fingerprint density at radius 3 is 2.59 bits per heavy atom. The number of ether oxygens (including phenoxy) is 1. The Bertz CT molecular complexity index is 899. The summed E-state index contributed by atoms with van der Waals surface area (Å²) in [7, 11) is 1.24. The molecule has 27 heavy (non-hydrogen) atoms. The lowest BCUT2D eigenvalue weighted by atomic mass is 10.0. The largest absolute Gasteiger partial charge is 0.468 e. The molecule has 2 aliphatic heterocycles. The van der Waals surface area contributed by atoms with Crippen LogP contribution in [0.5, 0.6) is 0 Å².